The molecule has 0 saturated heterocycles. The van der Waals surface area contributed by atoms with Crippen LogP contribution < -0.4 is 0 Å². The molecule has 0 N–H and O–H groups in total. The van der Waals surface area contributed by atoms with Crippen LogP contribution in [0.2, 0.25) is 0 Å². The van der Waals surface area contributed by atoms with Crippen molar-refractivity contribution >= 4 is 17.3 Å². The average molecular weight is 236 g/mol. The quantitative estimate of drug-likeness (QED) is 0.764. The second-order valence-electron chi connectivity index (χ2n) is 3.30. The molecule has 0 unspecified atom stereocenters. The smallest absolute Gasteiger partial charge is 0.307 e. The molecule has 0 aliphatic rings. The van der Waals surface area contributed by atoms with Crippen LogP contribution in [0.15, 0.2) is 30.0 Å². The van der Waals surface area contributed by atoms with E-state index < -0.39 is 0 Å². The van der Waals surface area contributed by atoms with Crippen molar-refractivity contribution < 1.29 is 9.53 Å². The molecule has 0 aromatic carbocycles. The van der Waals surface area contributed by atoms with Gasteiger partial charge < -0.3 is 9.30 Å². The number of carbonyl (C=O) groups excluding carboxylic acids is 1. The van der Waals surface area contributed by atoms with Crippen LogP contribution >= 0.6 is 11.3 Å². The van der Waals surface area contributed by atoms with Gasteiger partial charge in [0.15, 0.2) is 0 Å². The maximum Gasteiger partial charge on any atom is 0.307 e. The number of carbonyl (C=O) groups is 1. The van der Waals surface area contributed by atoms with Crippen LogP contribution in [-0.4, -0.2) is 22.6 Å². The number of hydrogen-bond acceptors (Lipinski definition) is 4. The first-order valence-electron chi connectivity index (χ1n) is 4.92. The lowest BCUT2D eigenvalue weighted by atomic mass is 10.4. The lowest BCUT2D eigenvalue weighted by Crippen LogP contribution is -2.05. The van der Waals surface area contributed by atoms with Crippen LogP contribution in [0.4, 0.5) is 0 Å². The highest BCUT2D eigenvalue weighted by Crippen LogP contribution is 2.22. The fourth-order valence-corrected chi connectivity index (χ4v) is 2.04. The predicted molar refractivity (Wildman–Crippen MR) is 62.2 cm³/mol. The molecule has 0 fully saturated rings. The van der Waals surface area contributed by atoms with Crippen LogP contribution in [0.25, 0.3) is 10.6 Å². The van der Waals surface area contributed by atoms with E-state index in [9.17, 15) is 4.79 Å². The van der Waals surface area contributed by atoms with E-state index in [2.05, 4.69) is 9.72 Å². The first-order valence-corrected chi connectivity index (χ1v) is 5.80. The molecule has 2 rings (SSSR count). The Morgan fingerprint density at radius 3 is 3.19 bits per heavy atom. The third kappa shape index (κ3) is 2.49. The number of aryl methyl sites for hydroxylation is 1. The molecule has 16 heavy (non-hydrogen) atoms. The highest BCUT2D eigenvalue weighted by atomic mass is 32.1. The Balaban J connectivity index is 2.00. The molecule has 0 spiro atoms. The Morgan fingerprint density at radius 2 is 2.50 bits per heavy atom. The first-order chi connectivity index (χ1) is 7.79. The van der Waals surface area contributed by atoms with E-state index >= 15 is 0 Å². The van der Waals surface area contributed by atoms with Crippen molar-refractivity contribution in [1.29, 1.82) is 0 Å². The number of esters is 1. The second kappa shape index (κ2) is 4.94. The van der Waals surface area contributed by atoms with Crippen molar-refractivity contribution in [3.8, 4) is 10.6 Å². The monoisotopic (exact) mass is 236 g/mol. The zero-order chi connectivity index (χ0) is 11.4. The van der Waals surface area contributed by atoms with E-state index in [1.165, 1.54) is 7.11 Å². The van der Waals surface area contributed by atoms with Gasteiger partial charge in [0, 0.05) is 12.7 Å². The Morgan fingerprint density at radius 1 is 1.62 bits per heavy atom. The van der Waals surface area contributed by atoms with E-state index in [1.807, 2.05) is 28.3 Å². The minimum absolute atomic E-state index is 0.202. The Hall–Kier alpha value is -1.62. The molecule has 2 heterocycles. The van der Waals surface area contributed by atoms with Crippen LogP contribution in [0.1, 0.15) is 6.42 Å². The molecule has 5 heteroatoms. The zero-order valence-corrected chi connectivity index (χ0v) is 9.74. The van der Waals surface area contributed by atoms with Crippen LogP contribution in [0.3, 0.4) is 0 Å². The predicted octanol–water partition coefficient (Wildman–Crippen LogP) is 2.17. The Labute approximate surface area is 97.5 Å². The third-order valence-corrected chi connectivity index (χ3v) is 3.10. The van der Waals surface area contributed by atoms with Crippen molar-refractivity contribution in [2.75, 3.05) is 7.11 Å². The standard InChI is InChI=1S/C11H12N2O2S/c1-15-11(14)4-5-13-7-9(12-8-13)10-3-2-6-16-10/h2-3,6-8H,4-5H2,1H3. The van der Waals surface area contributed by atoms with Crippen LogP contribution in [-0.2, 0) is 16.1 Å². The number of thiophene rings is 1. The van der Waals surface area contributed by atoms with Gasteiger partial charge in [0.25, 0.3) is 0 Å². The molecule has 4 nitrogen and oxygen atoms in total. The van der Waals surface area contributed by atoms with Crippen LogP contribution in [0.5, 0.6) is 0 Å². The summed E-state index contributed by atoms with van der Waals surface area (Å²) in [5.74, 6) is -0.202. The fourth-order valence-electron chi connectivity index (χ4n) is 1.36. The van der Waals surface area contributed by atoms with Gasteiger partial charge in [-0.25, -0.2) is 4.98 Å². The van der Waals surface area contributed by atoms with Crippen molar-refractivity contribution in [2.45, 2.75) is 13.0 Å². The number of nitrogens with zero attached hydrogens (tertiary/aromatic N) is 2. The van der Waals surface area contributed by atoms with E-state index in [4.69, 9.17) is 0 Å². The fraction of sp³-hybridized carbons (Fsp3) is 0.273. The summed E-state index contributed by atoms with van der Waals surface area (Å²) in [6.45, 7) is 0.602. The van der Waals surface area contributed by atoms with Gasteiger partial charge in [0.05, 0.1) is 30.4 Å². The summed E-state index contributed by atoms with van der Waals surface area (Å²) in [6.07, 6.45) is 4.05. The lowest BCUT2D eigenvalue weighted by molar-refractivity contribution is -0.140. The zero-order valence-electron chi connectivity index (χ0n) is 8.92. The number of aromatic nitrogens is 2. The van der Waals surface area contributed by atoms with Gasteiger partial charge in [-0.2, -0.15) is 0 Å². The summed E-state index contributed by atoms with van der Waals surface area (Å²) in [5.41, 5.74) is 0.944. The molecule has 0 bridgehead atoms. The third-order valence-electron chi connectivity index (χ3n) is 2.21. The summed E-state index contributed by atoms with van der Waals surface area (Å²) < 4.78 is 6.48. The summed E-state index contributed by atoms with van der Waals surface area (Å²) in [4.78, 5) is 16.4. The normalized spacial score (nSPS) is 10.3. The number of rotatable bonds is 4. The molecule has 0 radical (unpaired) electrons. The van der Waals surface area contributed by atoms with Crippen molar-refractivity contribution in [2.24, 2.45) is 0 Å². The van der Waals surface area contributed by atoms with E-state index in [1.54, 1.807) is 17.7 Å². The Bertz CT molecular complexity index is 462. The molecular weight excluding hydrogens is 224 g/mol. The summed E-state index contributed by atoms with van der Waals surface area (Å²) in [5, 5.41) is 2.02. The first kappa shape index (κ1) is 10.9. The molecule has 0 amide bonds. The van der Waals surface area contributed by atoms with E-state index in [-0.39, 0.29) is 5.97 Å². The van der Waals surface area contributed by atoms with E-state index in [0.29, 0.717) is 13.0 Å². The molecule has 84 valence electrons. The molecule has 0 aliphatic carbocycles. The SMILES string of the molecule is COC(=O)CCn1cnc(-c2cccs2)c1. The van der Waals surface area contributed by atoms with Crippen molar-refractivity contribution in [1.82, 2.24) is 9.55 Å². The molecule has 0 atom stereocenters. The van der Waals surface area contributed by atoms with E-state index in [0.717, 1.165) is 10.6 Å². The molecule has 2 aromatic heterocycles. The molecular formula is C11H12N2O2S. The second-order valence-corrected chi connectivity index (χ2v) is 4.25. The topological polar surface area (TPSA) is 44.1 Å². The van der Waals surface area contributed by atoms with Gasteiger partial charge in [-0.3, -0.25) is 4.79 Å². The molecule has 0 saturated carbocycles. The van der Waals surface area contributed by atoms with Crippen molar-refractivity contribution in [3.05, 3.63) is 30.0 Å². The maximum atomic E-state index is 11.0. The number of imidazole rings is 1. The van der Waals surface area contributed by atoms with Crippen LogP contribution in [0, 0.1) is 0 Å². The highest BCUT2D eigenvalue weighted by molar-refractivity contribution is 7.13. The number of ether oxygens (including phenoxy) is 1. The Kier molecular flexibility index (Phi) is 3.36. The van der Waals surface area contributed by atoms with Gasteiger partial charge in [-0.1, -0.05) is 6.07 Å². The average Bonchev–Trinajstić information content (AvgIpc) is 2.95. The highest BCUT2D eigenvalue weighted by Gasteiger charge is 2.04. The summed E-state index contributed by atoms with van der Waals surface area (Å²) in [6, 6.07) is 4.02. The maximum absolute atomic E-state index is 11.0. The van der Waals surface area contributed by atoms with Gasteiger partial charge in [-0.15, -0.1) is 11.3 Å². The van der Waals surface area contributed by atoms with Crippen molar-refractivity contribution in [3.63, 3.8) is 0 Å². The summed E-state index contributed by atoms with van der Waals surface area (Å²) in [7, 11) is 1.40. The lowest BCUT2D eigenvalue weighted by Gasteiger charge is -1.99. The number of hydrogen-bond donors (Lipinski definition) is 0. The van der Waals surface area contributed by atoms with Gasteiger partial charge in [0.2, 0.25) is 0 Å². The molecule has 2 aromatic rings. The summed E-state index contributed by atoms with van der Waals surface area (Å²) >= 11 is 1.65. The largest absolute Gasteiger partial charge is 0.469 e. The van der Waals surface area contributed by atoms with Gasteiger partial charge >= 0.3 is 5.97 Å². The minimum Gasteiger partial charge on any atom is -0.469 e. The number of methoxy groups -OCH3 is 1. The van der Waals surface area contributed by atoms with Gasteiger partial charge in [0.1, 0.15) is 0 Å². The van der Waals surface area contributed by atoms with Gasteiger partial charge in [-0.05, 0) is 11.4 Å². The molecule has 0 aliphatic heterocycles. The minimum atomic E-state index is -0.202.